The molecule has 2 unspecified atom stereocenters. The van der Waals surface area contributed by atoms with Gasteiger partial charge in [-0.3, -0.25) is 9.98 Å². The van der Waals surface area contributed by atoms with Crippen molar-refractivity contribution in [3.05, 3.63) is 47.6 Å². The molecule has 2 atom stereocenters. The summed E-state index contributed by atoms with van der Waals surface area (Å²) in [5, 5.41) is 20.8. The molecule has 33 heavy (non-hydrogen) atoms. The zero-order valence-corrected chi connectivity index (χ0v) is 23.4. The van der Waals surface area contributed by atoms with Gasteiger partial charge in [-0.25, -0.2) is 0 Å². The first kappa shape index (κ1) is 31.4. The standard InChI is InChI=1S/C27H42N2O2.CH3.Co/c1-17(19(3)30)18(2)29-24-13-11-10-12-23(24)28-16-20-14-21(26(4,5)6)15-22(25(20)31)27(7,8)9;;/h14-16,23-24,30-31H,10-13H2,1-9H3;1H3;/q;-1;/b19-17-,28-16?,29-18?;;. The molecular weight excluding hydrogens is 455 g/mol. The molecule has 0 aliphatic heterocycles. The number of rotatable bonds is 4. The Labute approximate surface area is 212 Å². The number of aliphatic hydroxyl groups excluding tert-OH is 1. The van der Waals surface area contributed by atoms with Gasteiger partial charge in [-0.15, -0.1) is 0 Å². The summed E-state index contributed by atoms with van der Waals surface area (Å²) in [7, 11) is 0. The number of allylic oxidation sites excluding steroid dienone is 2. The topological polar surface area (TPSA) is 65.2 Å². The molecule has 189 valence electrons. The molecule has 1 saturated carbocycles. The van der Waals surface area contributed by atoms with Crippen molar-refractivity contribution in [3.8, 4) is 5.75 Å². The zero-order valence-electron chi connectivity index (χ0n) is 22.3. The number of benzene rings is 1. The van der Waals surface area contributed by atoms with Crippen LogP contribution in [0.5, 0.6) is 5.75 Å². The Morgan fingerprint density at radius 2 is 1.48 bits per heavy atom. The van der Waals surface area contributed by atoms with Crippen molar-refractivity contribution in [2.45, 2.75) is 111 Å². The van der Waals surface area contributed by atoms with Crippen molar-refractivity contribution < 1.29 is 27.0 Å². The predicted molar refractivity (Wildman–Crippen MR) is 140 cm³/mol. The van der Waals surface area contributed by atoms with E-state index in [4.69, 9.17) is 9.98 Å². The van der Waals surface area contributed by atoms with Gasteiger partial charge in [0.1, 0.15) is 5.75 Å². The quantitative estimate of drug-likeness (QED) is 0.256. The number of aromatic hydroxyl groups is 1. The third-order valence-electron chi connectivity index (χ3n) is 6.36. The number of nitrogens with zero attached hydrogens (tertiary/aromatic N) is 2. The first-order valence-electron chi connectivity index (χ1n) is 11.5. The van der Waals surface area contributed by atoms with Gasteiger partial charge >= 0.3 is 0 Å². The molecule has 0 bridgehead atoms. The molecule has 4 nitrogen and oxygen atoms in total. The van der Waals surface area contributed by atoms with E-state index in [0.717, 1.165) is 48.1 Å². The molecule has 2 rings (SSSR count). The molecule has 1 aromatic rings. The van der Waals surface area contributed by atoms with Crippen LogP contribution in [-0.2, 0) is 27.6 Å². The van der Waals surface area contributed by atoms with Gasteiger partial charge in [-0.05, 0) is 56.1 Å². The summed E-state index contributed by atoms with van der Waals surface area (Å²) in [6.45, 7) is 18.5. The van der Waals surface area contributed by atoms with Gasteiger partial charge in [0.15, 0.2) is 0 Å². The molecule has 1 aromatic carbocycles. The molecule has 5 heteroatoms. The second-order valence-electron chi connectivity index (χ2n) is 11.1. The Hall–Kier alpha value is -1.59. The largest absolute Gasteiger partial charge is 0.512 e. The second-order valence-corrected chi connectivity index (χ2v) is 11.1. The van der Waals surface area contributed by atoms with Crippen LogP contribution < -0.4 is 0 Å². The van der Waals surface area contributed by atoms with Crippen molar-refractivity contribution in [1.82, 2.24) is 0 Å². The minimum absolute atomic E-state index is 0. The molecule has 1 aliphatic rings. The van der Waals surface area contributed by atoms with E-state index in [1.165, 1.54) is 5.56 Å². The molecule has 0 spiro atoms. The van der Waals surface area contributed by atoms with Crippen molar-refractivity contribution in [3.63, 3.8) is 0 Å². The van der Waals surface area contributed by atoms with E-state index >= 15 is 0 Å². The monoisotopic (exact) mass is 500 g/mol. The van der Waals surface area contributed by atoms with E-state index in [-0.39, 0.29) is 47.1 Å². The Kier molecular flexibility index (Phi) is 11.6. The third kappa shape index (κ3) is 8.29. The summed E-state index contributed by atoms with van der Waals surface area (Å²) in [5.41, 5.74) is 4.47. The molecule has 1 fully saturated rings. The van der Waals surface area contributed by atoms with Crippen LogP contribution in [-0.4, -0.2) is 34.2 Å². The van der Waals surface area contributed by atoms with E-state index in [2.05, 4.69) is 53.7 Å². The summed E-state index contributed by atoms with van der Waals surface area (Å²) in [5.74, 6) is 0.640. The van der Waals surface area contributed by atoms with Gasteiger partial charge in [-0.2, -0.15) is 0 Å². The van der Waals surface area contributed by atoms with Crippen LogP contribution in [0, 0.1) is 7.43 Å². The number of aliphatic hydroxyl groups is 1. The van der Waals surface area contributed by atoms with Gasteiger partial charge in [0.05, 0.1) is 17.8 Å². The van der Waals surface area contributed by atoms with Crippen molar-refractivity contribution in [2.75, 3.05) is 0 Å². The summed E-state index contributed by atoms with van der Waals surface area (Å²) in [6, 6.07) is 4.40. The van der Waals surface area contributed by atoms with Crippen LogP contribution in [0.25, 0.3) is 0 Å². The summed E-state index contributed by atoms with van der Waals surface area (Å²) >= 11 is 0. The van der Waals surface area contributed by atoms with E-state index in [1.54, 1.807) is 6.92 Å². The molecule has 0 heterocycles. The number of hydrogen-bond donors (Lipinski definition) is 2. The summed E-state index contributed by atoms with van der Waals surface area (Å²) < 4.78 is 0. The first-order chi connectivity index (χ1) is 14.2. The van der Waals surface area contributed by atoms with Gasteiger partial charge < -0.3 is 17.6 Å². The predicted octanol–water partition coefficient (Wildman–Crippen LogP) is 7.48. The number of hydrogen-bond acceptors (Lipinski definition) is 4. The Bertz CT molecular complexity index is 882. The minimum atomic E-state index is -0.158. The molecular formula is C28H45CoN2O2-. The maximum absolute atomic E-state index is 11.0. The molecule has 1 aliphatic carbocycles. The summed E-state index contributed by atoms with van der Waals surface area (Å²) in [4.78, 5) is 9.84. The van der Waals surface area contributed by atoms with Crippen LogP contribution in [0.4, 0.5) is 0 Å². The molecule has 2 N–H and O–H groups in total. The fraction of sp³-hybridized carbons (Fsp3) is 0.607. The SMILES string of the molecule is CC(=NC1CCCCC1N=Cc1cc(C(C)(C)C)cc(C(C)(C)C)c1O)/C(C)=C(/C)O.[CH3-].[Co]. The average Bonchev–Trinajstić information content (AvgIpc) is 2.65. The smallest absolute Gasteiger partial charge is 0.128 e. The molecule has 1 radical (unpaired) electrons. The fourth-order valence-corrected chi connectivity index (χ4v) is 3.96. The maximum Gasteiger partial charge on any atom is 0.128 e. The zero-order chi connectivity index (χ0) is 23.6. The first-order valence-corrected chi connectivity index (χ1v) is 11.5. The van der Waals surface area contributed by atoms with E-state index in [0.29, 0.717) is 11.5 Å². The number of phenolic OH excluding ortho intramolecular Hbond substituents is 1. The van der Waals surface area contributed by atoms with Crippen molar-refractivity contribution in [1.29, 1.82) is 0 Å². The average molecular weight is 501 g/mol. The normalized spacial score (nSPS) is 20.7. The van der Waals surface area contributed by atoms with Crippen LogP contribution in [0.15, 0.2) is 33.4 Å². The molecule has 0 amide bonds. The van der Waals surface area contributed by atoms with Crippen LogP contribution in [0.2, 0.25) is 0 Å². The van der Waals surface area contributed by atoms with Gasteiger partial charge in [0.2, 0.25) is 0 Å². The minimum Gasteiger partial charge on any atom is -0.512 e. The summed E-state index contributed by atoms with van der Waals surface area (Å²) in [6.07, 6.45) is 6.13. The maximum atomic E-state index is 11.0. The number of aliphatic imine (C=N–C) groups is 2. The van der Waals surface area contributed by atoms with E-state index in [1.807, 2.05) is 20.1 Å². The van der Waals surface area contributed by atoms with Crippen molar-refractivity contribution in [2.24, 2.45) is 9.98 Å². The third-order valence-corrected chi connectivity index (χ3v) is 6.36. The Balaban J connectivity index is 0.00000512. The van der Waals surface area contributed by atoms with Gasteiger partial charge in [-0.1, -0.05) is 60.5 Å². The van der Waals surface area contributed by atoms with Crippen molar-refractivity contribution >= 4 is 11.9 Å². The number of phenols is 1. The van der Waals surface area contributed by atoms with E-state index in [9.17, 15) is 10.2 Å². The van der Waals surface area contributed by atoms with Crippen LogP contribution >= 0.6 is 0 Å². The second kappa shape index (κ2) is 12.2. The van der Waals surface area contributed by atoms with Gasteiger partial charge in [0.25, 0.3) is 0 Å². The van der Waals surface area contributed by atoms with Crippen LogP contribution in [0.1, 0.15) is 105 Å². The fourth-order valence-electron chi connectivity index (χ4n) is 3.96. The Morgan fingerprint density at radius 3 is 1.97 bits per heavy atom. The van der Waals surface area contributed by atoms with Gasteiger partial charge in [0, 0.05) is 45.4 Å². The Morgan fingerprint density at radius 1 is 0.939 bits per heavy atom. The van der Waals surface area contributed by atoms with E-state index < -0.39 is 0 Å². The van der Waals surface area contributed by atoms with Crippen LogP contribution in [0.3, 0.4) is 0 Å². The molecule has 0 aromatic heterocycles. The molecule has 0 saturated heterocycles.